The zero-order valence-corrected chi connectivity index (χ0v) is 15.0. The predicted molar refractivity (Wildman–Crippen MR) is 93.4 cm³/mol. The lowest BCUT2D eigenvalue weighted by Gasteiger charge is -2.08. The molecule has 0 aliphatic rings. The van der Waals surface area contributed by atoms with E-state index in [2.05, 4.69) is 21.0 Å². The standard InChI is InChI=1S/C17H21ClN4O3/c1-11(2)10-15(24)21-20-14(23)4-3-5-16-19-17(22-25-16)12-6-8-13(18)9-7-12/h6-9,11H,3-5,10H2,1-2H3,(H,20,23)(H,21,24). The molecule has 2 aromatic rings. The Morgan fingerprint density at radius 1 is 1.16 bits per heavy atom. The van der Waals surface area contributed by atoms with Crippen LogP contribution in [-0.4, -0.2) is 22.0 Å². The van der Waals surface area contributed by atoms with E-state index in [0.717, 1.165) is 5.56 Å². The van der Waals surface area contributed by atoms with Gasteiger partial charge in [-0.3, -0.25) is 20.4 Å². The van der Waals surface area contributed by atoms with Crippen LogP contribution in [0.1, 0.15) is 39.0 Å². The molecule has 0 aliphatic heterocycles. The maximum Gasteiger partial charge on any atom is 0.238 e. The molecule has 8 heteroatoms. The van der Waals surface area contributed by atoms with Gasteiger partial charge < -0.3 is 4.52 Å². The average Bonchev–Trinajstić information content (AvgIpc) is 3.02. The highest BCUT2D eigenvalue weighted by atomic mass is 35.5. The summed E-state index contributed by atoms with van der Waals surface area (Å²) >= 11 is 5.84. The number of hydrogen-bond acceptors (Lipinski definition) is 5. The van der Waals surface area contributed by atoms with Crippen molar-refractivity contribution >= 4 is 23.4 Å². The third kappa shape index (κ3) is 6.54. The molecule has 1 aromatic carbocycles. The number of rotatable bonds is 7. The monoisotopic (exact) mass is 364 g/mol. The smallest absolute Gasteiger partial charge is 0.238 e. The first-order chi connectivity index (χ1) is 11.9. The molecule has 0 unspecified atom stereocenters. The lowest BCUT2D eigenvalue weighted by Crippen LogP contribution is -2.41. The quantitative estimate of drug-likeness (QED) is 0.736. The largest absolute Gasteiger partial charge is 0.339 e. The van der Waals surface area contributed by atoms with Crippen molar-refractivity contribution in [3.05, 3.63) is 35.2 Å². The predicted octanol–water partition coefficient (Wildman–Crippen LogP) is 2.91. The van der Waals surface area contributed by atoms with Crippen LogP contribution >= 0.6 is 11.6 Å². The lowest BCUT2D eigenvalue weighted by molar-refractivity contribution is -0.129. The molecule has 1 aromatic heterocycles. The molecule has 2 amide bonds. The molecule has 2 rings (SSSR count). The van der Waals surface area contributed by atoms with Crippen molar-refractivity contribution in [2.24, 2.45) is 5.92 Å². The molecular formula is C17H21ClN4O3. The second-order valence-corrected chi connectivity index (χ2v) is 6.50. The summed E-state index contributed by atoms with van der Waals surface area (Å²) in [5, 5.41) is 4.55. The summed E-state index contributed by atoms with van der Waals surface area (Å²) in [5.74, 6) is 0.727. The first kappa shape index (κ1) is 18.9. The van der Waals surface area contributed by atoms with Crippen molar-refractivity contribution < 1.29 is 14.1 Å². The van der Waals surface area contributed by atoms with Crippen molar-refractivity contribution in [3.63, 3.8) is 0 Å². The van der Waals surface area contributed by atoms with Gasteiger partial charge in [0.25, 0.3) is 0 Å². The number of aryl methyl sites for hydroxylation is 1. The Bertz CT molecular complexity index is 713. The summed E-state index contributed by atoms with van der Waals surface area (Å²) in [6.45, 7) is 3.87. The number of nitrogens with one attached hydrogen (secondary N) is 2. The maximum absolute atomic E-state index is 11.7. The summed E-state index contributed by atoms with van der Waals surface area (Å²) in [4.78, 5) is 27.4. The van der Waals surface area contributed by atoms with Gasteiger partial charge in [-0.05, 0) is 36.6 Å². The molecule has 0 radical (unpaired) electrons. The van der Waals surface area contributed by atoms with E-state index < -0.39 is 0 Å². The number of carbonyl (C=O) groups is 2. The fourth-order valence-electron chi connectivity index (χ4n) is 2.10. The number of aromatic nitrogens is 2. The van der Waals surface area contributed by atoms with Crippen LogP contribution in [0.4, 0.5) is 0 Å². The van der Waals surface area contributed by atoms with Crippen molar-refractivity contribution in [1.82, 2.24) is 21.0 Å². The molecule has 0 aliphatic carbocycles. The van der Waals surface area contributed by atoms with Crippen molar-refractivity contribution in [1.29, 1.82) is 0 Å². The van der Waals surface area contributed by atoms with Gasteiger partial charge in [0.15, 0.2) is 0 Å². The molecule has 0 atom stereocenters. The van der Waals surface area contributed by atoms with Gasteiger partial charge >= 0.3 is 0 Å². The van der Waals surface area contributed by atoms with E-state index >= 15 is 0 Å². The highest BCUT2D eigenvalue weighted by Gasteiger charge is 2.10. The van der Waals surface area contributed by atoms with Crippen molar-refractivity contribution in [2.75, 3.05) is 0 Å². The van der Waals surface area contributed by atoms with Crippen LogP contribution in [0.15, 0.2) is 28.8 Å². The highest BCUT2D eigenvalue weighted by molar-refractivity contribution is 6.30. The SMILES string of the molecule is CC(C)CC(=O)NNC(=O)CCCc1nc(-c2ccc(Cl)cc2)no1. The molecule has 0 saturated heterocycles. The minimum absolute atomic E-state index is 0.201. The van der Waals surface area contributed by atoms with Gasteiger partial charge in [-0.25, -0.2) is 0 Å². The lowest BCUT2D eigenvalue weighted by atomic mass is 10.1. The van der Waals surface area contributed by atoms with Gasteiger partial charge in [0.2, 0.25) is 23.5 Å². The van der Waals surface area contributed by atoms with Crippen LogP contribution in [0.5, 0.6) is 0 Å². The topological polar surface area (TPSA) is 97.1 Å². The zero-order valence-electron chi connectivity index (χ0n) is 14.2. The fraction of sp³-hybridized carbons (Fsp3) is 0.412. The fourth-order valence-corrected chi connectivity index (χ4v) is 2.22. The number of benzene rings is 1. The van der Waals surface area contributed by atoms with Crippen LogP contribution in [0, 0.1) is 5.92 Å². The van der Waals surface area contributed by atoms with Gasteiger partial charge in [-0.15, -0.1) is 0 Å². The second kappa shape index (κ2) is 9.17. The van der Waals surface area contributed by atoms with Crippen LogP contribution in [0.3, 0.4) is 0 Å². The maximum atomic E-state index is 11.7. The Balaban J connectivity index is 1.72. The van der Waals surface area contributed by atoms with Crippen LogP contribution < -0.4 is 10.9 Å². The normalized spacial score (nSPS) is 10.7. The van der Waals surface area contributed by atoms with Gasteiger partial charge in [-0.1, -0.05) is 30.6 Å². The van der Waals surface area contributed by atoms with E-state index in [0.29, 0.717) is 36.0 Å². The Morgan fingerprint density at radius 2 is 1.84 bits per heavy atom. The average molecular weight is 365 g/mol. The Kier molecular flexibility index (Phi) is 6.94. The van der Waals surface area contributed by atoms with E-state index in [-0.39, 0.29) is 24.2 Å². The van der Waals surface area contributed by atoms with Gasteiger partial charge in [0, 0.05) is 29.8 Å². The minimum atomic E-state index is -0.255. The number of nitrogens with zero attached hydrogens (tertiary/aromatic N) is 2. The van der Waals surface area contributed by atoms with Gasteiger partial charge in [-0.2, -0.15) is 4.98 Å². The second-order valence-electron chi connectivity index (χ2n) is 6.07. The van der Waals surface area contributed by atoms with E-state index in [1.807, 2.05) is 26.0 Å². The van der Waals surface area contributed by atoms with E-state index in [9.17, 15) is 9.59 Å². The molecule has 7 nitrogen and oxygen atoms in total. The molecule has 0 spiro atoms. The molecular weight excluding hydrogens is 344 g/mol. The first-order valence-electron chi connectivity index (χ1n) is 8.10. The molecule has 0 bridgehead atoms. The number of carbonyl (C=O) groups excluding carboxylic acids is 2. The van der Waals surface area contributed by atoms with Crippen LogP contribution in [0.25, 0.3) is 11.4 Å². The molecule has 134 valence electrons. The van der Waals surface area contributed by atoms with Crippen LogP contribution in [-0.2, 0) is 16.0 Å². The number of hydrogen-bond donors (Lipinski definition) is 2. The van der Waals surface area contributed by atoms with Crippen molar-refractivity contribution in [3.8, 4) is 11.4 Å². The van der Waals surface area contributed by atoms with Gasteiger partial charge in [0.05, 0.1) is 0 Å². The minimum Gasteiger partial charge on any atom is -0.339 e. The number of halogens is 1. The summed E-state index contributed by atoms with van der Waals surface area (Å²) in [7, 11) is 0. The van der Waals surface area contributed by atoms with Crippen LogP contribution in [0.2, 0.25) is 5.02 Å². The molecule has 0 fully saturated rings. The number of amides is 2. The summed E-state index contributed by atoms with van der Waals surface area (Å²) in [6.07, 6.45) is 1.64. The Labute approximate surface area is 151 Å². The Hall–Kier alpha value is -2.41. The summed E-state index contributed by atoms with van der Waals surface area (Å²) < 4.78 is 5.18. The highest BCUT2D eigenvalue weighted by Crippen LogP contribution is 2.19. The molecule has 1 heterocycles. The molecule has 25 heavy (non-hydrogen) atoms. The Morgan fingerprint density at radius 3 is 2.52 bits per heavy atom. The third-order valence-corrected chi connectivity index (χ3v) is 3.55. The molecule has 2 N–H and O–H groups in total. The zero-order chi connectivity index (χ0) is 18.2. The third-order valence-electron chi connectivity index (χ3n) is 3.30. The van der Waals surface area contributed by atoms with Gasteiger partial charge in [0.1, 0.15) is 0 Å². The van der Waals surface area contributed by atoms with E-state index in [1.54, 1.807) is 12.1 Å². The summed E-state index contributed by atoms with van der Waals surface area (Å²) in [5.41, 5.74) is 5.59. The number of hydrazine groups is 1. The van der Waals surface area contributed by atoms with E-state index in [1.165, 1.54) is 0 Å². The van der Waals surface area contributed by atoms with E-state index in [4.69, 9.17) is 16.1 Å². The first-order valence-corrected chi connectivity index (χ1v) is 8.48. The summed E-state index contributed by atoms with van der Waals surface area (Å²) in [6, 6.07) is 7.13. The van der Waals surface area contributed by atoms with Crippen molar-refractivity contribution in [2.45, 2.75) is 39.5 Å². The molecule has 0 saturated carbocycles.